The quantitative estimate of drug-likeness (QED) is 0.413. The normalized spacial score (nSPS) is 10.6. The second kappa shape index (κ2) is 10.2. The van der Waals surface area contributed by atoms with Crippen molar-refractivity contribution in [2.75, 3.05) is 7.05 Å². The largest absolute Gasteiger partial charge is 0.434 e. The van der Waals surface area contributed by atoms with E-state index in [9.17, 15) is 17.6 Å². The van der Waals surface area contributed by atoms with E-state index in [1.165, 1.54) is 19.2 Å². The van der Waals surface area contributed by atoms with Gasteiger partial charge in [-0.3, -0.25) is 4.99 Å². The van der Waals surface area contributed by atoms with Crippen molar-refractivity contribution in [3.05, 3.63) is 59.7 Å². The molecule has 0 aliphatic carbocycles. The Morgan fingerprint density at radius 2 is 1.22 bits per heavy atom. The number of benzene rings is 2. The van der Waals surface area contributed by atoms with Crippen LogP contribution in [0.2, 0.25) is 0 Å². The van der Waals surface area contributed by atoms with Crippen LogP contribution in [0, 0.1) is 0 Å². The van der Waals surface area contributed by atoms with Crippen molar-refractivity contribution in [2.45, 2.75) is 26.3 Å². The first-order valence-electron chi connectivity index (χ1n) is 7.99. The van der Waals surface area contributed by atoms with Crippen LogP contribution in [0.15, 0.2) is 53.5 Å². The Hall–Kier alpha value is -2.97. The molecule has 2 aromatic carbocycles. The van der Waals surface area contributed by atoms with E-state index in [1.807, 2.05) is 0 Å². The van der Waals surface area contributed by atoms with Crippen LogP contribution in [0.4, 0.5) is 17.6 Å². The molecule has 0 aromatic heterocycles. The average molecular weight is 385 g/mol. The van der Waals surface area contributed by atoms with Crippen LogP contribution in [-0.4, -0.2) is 26.2 Å². The van der Waals surface area contributed by atoms with Crippen molar-refractivity contribution in [2.24, 2.45) is 4.99 Å². The Balaban J connectivity index is 1.96. The van der Waals surface area contributed by atoms with Gasteiger partial charge in [-0.05, 0) is 12.1 Å². The van der Waals surface area contributed by atoms with Gasteiger partial charge in [-0.2, -0.15) is 17.6 Å². The monoisotopic (exact) mass is 385 g/mol. The van der Waals surface area contributed by atoms with Crippen LogP contribution >= 0.6 is 0 Å². The van der Waals surface area contributed by atoms with Crippen molar-refractivity contribution in [3.8, 4) is 11.5 Å². The van der Waals surface area contributed by atoms with E-state index < -0.39 is 13.2 Å². The molecule has 0 fully saturated rings. The molecule has 0 radical (unpaired) electrons. The molecule has 0 amide bonds. The second-order valence-corrected chi connectivity index (χ2v) is 5.25. The van der Waals surface area contributed by atoms with Crippen LogP contribution in [0.25, 0.3) is 0 Å². The average Bonchev–Trinajstić information content (AvgIpc) is 2.63. The topological polar surface area (TPSA) is 54.9 Å². The predicted molar refractivity (Wildman–Crippen MR) is 93.2 cm³/mol. The Morgan fingerprint density at radius 1 is 0.815 bits per heavy atom. The first-order valence-corrected chi connectivity index (χ1v) is 7.99. The van der Waals surface area contributed by atoms with Crippen LogP contribution in [0.3, 0.4) is 0 Å². The number of hydrogen-bond acceptors (Lipinski definition) is 3. The molecule has 0 heterocycles. The summed E-state index contributed by atoms with van der Waals surface area (Å²) >= 11 is 0. The van der Waals surface area contributed by atoms with Gasteiger partial charge in [-0.1, -0.05) is 36.4 Å². The van der Waals surface area contributed by atoms with Crippen LogP contribution in [0.1, 0.15) is 11.1 Å². The highest BCUT2D eigenvalue weighted by Gasteiger charge is 2.11. The minimum absolute atomic E-state index is 0.0612. The lowest BCUT2D eigenvalue weighted by atomic mass is 10.2. The molecule has 0 aliphatic heterocycles. The fourth-order valence-corrected chi connectivity index (χ4v) is 2.30. The third-order valence-electron chi connectivity index (χ3n) is 3.49. The summed E-state index contributed by atoms with van der Waals surface area (Å²) in [6.07, 6.45) is 0. The zero-order valence-electron chi connectivity index (χ0n) is 14.5. The van der Waals surface area contributed by atoms with E-state index >= 15 is 0 Å². The van der Waals surface area contributed by atoms with Crippen LogP contribution in [-0.2, 0) is 13.1 Å². The third kappa shape index (κ3) is 6.69. The van der Waals surface area contributed by atoms with E-state index in [4.69, 9.17) is 0 Å². The third-order valence-corrected chi connectivity index (χ3v) is 3.49. The van der Waals surface area contributed by atoms with E-state index in [1.54, 1.807) is 36.4 Å². The number of para-hydroxylation sites is 2. The number of nitrogens with one attached hydrogen (secondary N) is 2. The lowest BCUT2D eigenvalue weighted by Crippen LogP contribution is -2.36. The lowest BCUT2D eigenvalue weighted by Gasteiger charge is -2.16. The van der Waals surface area contributed by atoms with E-state index in [0.717, 1.165) is 0 Å². The van der Waals surface area contributed by atoms with E-state index in [0.29, 0.717) is 17.1 Å². The maximum Gasteiger partial charge on any atom is 0.387 e. The summed E-state index contributed by atoms with van der Waals surface area (Å²) in [4.78, 5) is 4.02. The van der Waals surface area contributed by atoms with Gasteiger partial charge >= 0.3 is 13.2 Å². The van der Waals surface area contributed by atoms with Gasteiger partial charge in [0, 0.05) is 31.3 Å². The molecular formula is C18H19F4N3O2. The summed E-state index contributed by atoms with van der Waals surface area (Å²) in [5, 5.41) is 5.91. The standard InChI is InChI=1S/C18H19F4N3O2/c1-23-18(24-10-12-6-2-4-8-14(12)26-16(19)20)25-11-13-7-3-5-9-15(13)27-17(21)22/h2-9,16-17H,10-11H2,1H3,(H2,23,24,25). The van der Waals surface area contributed by atoms with E-state index in [-0.39, 0.29) is 24.6 Å². The molecule has 0 aliphatic rings. The Morgan fingerprint density at radius 3 is 1.59 bits per heavy atom. The molecule has 9 heteroatoms. The van der Waals surface area contributed by atoms with Crippen LogP contribution < -0.4 is 20.1 Å². The number of hydrogen-bond donors (Lipinski definition) is 2. The molecule has 0 atom stereocenters. The number of ether oxygens (including phenoxy) is 2. The maximum atomic E-state index is 12.5. The minimum Gasteiger partial charge on any atom is -0.434 e. The van der Waals surface area contributed by atoms with Gasteiger partial charge in [-0.25, -0.2) is 0 Å². The van der Waals surface area contributed by atoms with Gasteiger partial charge in [0.05, 0.1) is 0 Å². The molecule has 0 spiro atoms. The SMILES string of the molecule is CN=C(NCc1ccccc1OC(F)F)NCc1ccccc1OC(F)F. The number of nitrogens with zero attached hydrogens (tertiary/aromatic N) is 1. The van der Waals surface area contributed by atoms with Crippen LogP contribution in [0.5, 0.6) is 11.5 Å². The van der Waals surface area contributed by atoms with Gasteiger partial charge in [0.2, 0.25) is 0 Å². The van der Waals surface area contributed by atoms with Crippen molar-refractivity contribution in [1.82, 2.24) is 10.6 Å². The predicted octanol–water partition coefficient (Wildman–Crippen LogP) is 3.75. The fraction of sp³-hybridized carbons (Fsp3) is 0.278. The highest BCUT2D eigenvalue weighted by atomic mass is 19.3. The smallest absolute Gasteiger partial charge is 0.387 e. The number of alkyl halides is 4. The highest BCUT2D eigenvalue weighted by molar-refractivity contribution is 5.79. The maximum absolute atomic E-state index is 12.5. The second-order valence-electron chi connectivity index (χ2n) is 5.25. The zero-order chi connectivity index (χ0) is 19.6. The molecule has 0 saturated carbocycles. The molecule has 0 bridgehead atoms. The number of guanidine groups is 1. The lowest BCUT2D eigenvalue weighted by molar-refractivity contribution is -0.0511. The fourth-order valence-electron chi connectivity index (χ4n) is 2.30. The Kier molecular flexibility index (Phi) is 7.72. The van der Waals surface area contributed by atoms with Crippen molar-refractivity contribution in [3.63, 3.8) is 0 Å². The minimum atomic E-state index is -2.92. The highest BCUT2D eigenvalue weighted by Crippen LogP contribution is 2.21. The van der Waals surface area contributed by atoms with Crippen molar-refractivity contribution < 1.29 is 27.0 Å². The molecule has 2 rings (SSSR count). The van der Waals surface area contributed by atoms with Gasteiger partial charge in [0.15, 0.2) is 5.96 Å². The zero-order valence-corrected chi connectivity index (χ0v) is 14.5. The summed E-state index contributed by atoms with van der Waals surface area (Å²) < 4.78 is 58.8. The van der Waals surface area contributed by atoms with E-state index in [2.05, 4.69) is 25.1 Å². The summed E-state index contributed by atoms with van der Waals surface area (Å²) in [7, 11) is 1.53. The first-order chi connectivity index (χ1) is 13.0. The molecule has 27 heavy (non-hydrogen) atoms. The Bertz CT molecular complexity index is 697. The Labute approximate surface area is 154 Å². The van der Waals surface area contributed by atoms with Gasteiger partial charge in [0.25, 0.3) is 0 Å². The molecule has 2 N–H and O–H groups in total. The molecule has 146 valence electrons. The van der Waals surface area contributed by atoms with Crippen molar-refractivity contribution in [1.29, 1.82) is 0 Å². The number of aliphatic imine (C=N–C) groups is 1. The molecule has 0 unspecified atom stereocenters. The number of rotatable bonds is 8. The number of halogens is 4. The summed E-state index contributed by atoms with van der Waals surface area (Å²) in [6, 6.07) is 12.7. The molecule has 2 aromatic rings. The summed E-state index contributed by atoms with van der Waals surface area (Å²) in [6.45, 7) is -5.49. The summed E-state index contributed by atoms with van der Waals surface area (Å²) in [5.74, 6) is 0.478. The molecular weight excluding hydrogens is 366 g/mol. The van der Waals surface area contributed by atoms with Gasteiger partial charge in [0.1, 0.15) is 11.5 Å². The molecule has 0 saturated heterocycles. The first kappa shape index (κ1) is 20.3. The van der Waals surface area contributed by atoms with Crippen molar-refractivity contribution >= 4 is 5.96 Å². The van der Waals surface area contributed by atoms with Gasteiger partial charge < -0.3 is 20.1 Å². The molecule has 5 nitrogen and oxygen atoms in total. The summed E-state index contributed by atoms with van der Waals surface area (Å²) in [5.41, 5.74) is 1.03. The van der Waals surface area contributed by atoms with Gasteiger partial charge in [-0.15, -0.1) is 0 Å².